The molecule has 10 heteroatoms. The predicted octanol–water partition coefficient (Wildman–Crippen LogP) is 0.512. The van der Waals surface area contributed by atoms with Crippen molar-refractivity contribution in [3.05, 3.63) is 18.0 Å². The Balaban J connectivity index is 0.00000264. The SMILES string of the molecule is CNC(C)CNC(=O)c1cc(S(=O)(=O)N2CCSCC2)c[nH]1.Cl. The first-order valence-corrected chi connectivity index (χ1v) is 9.76. The minimum atomic E-state index is -3.51. The van der Waals surface area contributed by atoms with Crippen LogP contribution in [0.3, 0.4) is 0 Å². The van der Waals surface area contributed by atoms with Crippen molar-refractivity contribution in [2.45, 2.75) is 17.9 Å². The molecule has 0 bridgehead atoms. The Morgan fingerprint density at radius 2 is 2.09 bits per heavy atom. The number of amides is 1. The van der Waals surface area contributed by atoms with Gasteiger partial charge in [-0.05, 0) is 20.0 Å². The first-order chi connectivity index (χ1) is 10.4. The summed E-state index contributed by atoms with van der Waals surface area (Å²) in [4.78, 5) is 14.9. The van der Waals surface area contributed by atoms with E-state index in [1.54, 1.807) is 11.8 Å². The molecule has 1 aliphatic heterocycles. The van der Waals surface area contributed by atoms with E-state index in [4.69, 9.17) is 0 Å². The maximum atomic E-state index is 12.5. The monoisotopic (exact) mass is 382 g/mol. The van der Waals surface area contributed by atoms with Crippen molar-refractivity contribution < 1.29 is 13.2 Å². The zero-order valence-corrected chi connectivity index (χ0v) is 15.6. The van der Waals surface area contributed by atoms with Crippen molar-refractivity contribution in [3.8, 4) is 0 Å². The summed E-state index contributed by atoms with van der Waals surface area (Å²) >= 11 is 1.75. The number of hydrogen-bond donors (Lipinski definition) is 3. The second-order valence-corrected chi connectivity index (χ2v) is 8.33. The second-order valence-electron chi connectivity index (χ2n) is 5.17. The Morgan fingerprint density at radius 1 is 1.43 bits per heavy atom. The lowest BCUT2D eigenvalue weighted by atomic mass is 10.3. The van der Waals surface area contributed by atoms with Gasteiger partial charge in [-0.1, -0.05) is 0 Å². The molecule has 3 N–H and O–H groups in total. The van der Waals surface area contributed by atoms with Crippen molar-refractivity contribution in [1.82, 2.24) is 19.9 Å². The summed E-state index contributed by atoms with van der Waals surface area (Å²) in [5, 5.41) is 5.76. The molecule has 1 aromatic rings. The van der Waals surface area contributed by atoms with Gasteiger partial charge in [0, 0.05) is 43.4 Å². The number of likely N-dealkylation sites (N-methyl/N-ethyl adjacent to an activating group) is 1. The molecule has 1 amide bonds. The molecule has 132 valence electrons. The van der Waals surface area contributed by atoms with E-state index in [0.29, 0.717) is 19.6 Å². The highest BCUT2D eigenvalue weighted by Gasteiger charge is 2.27. The molecule has 23 heavy (non-hydrogen) atoms. The van der Waals surface area contributed by atoms with Gasteiger partial charge in [-0.25, -0.2) is 8.42 Å². The Kier molecular flexibility index (Phi) is 7.88. The quantitative estimate of drug-likeness (QED) is 0.666. The predicted molar refractivity (Wildman–Crippen MR) is 95.0 cm³/mol. The molecule has 0 spiro atoms. The van der Waals surface area contributed by atoms with Crippen LogP contribution < -0.4 is 10.6 Å². The van der Waals surface area contributed by atoms with Crippen LogP contribution in [-0.2, 0) is 10.0 Å². The van der Waals surface area contributed by atoms with Crippen LogP contribution in [0.5, 0.6) is 0 Å². The number of rotatable bonds is 6. The van der Waals surface area contributed by atoms with E-state index < -0.39 is 10.0 Å². The van der Waals surface area contributed by atoms with Gasteiger partial charge in [-0.15, -0.1) is 12.4 Å². The molecule has 0 aromatic carbocycles. The zero-order valence-electron chi connectivity index (χ0n) is 13.2. The van der Waals surface area contributed by atoms with Crippen LogP contribution in [0.15, 0.2) is 17.2 Å². The number of thioether (sulfide) groups is 1. The molecular weight excluding hydrogens is 360 g/mol. The average molecular weight is 383 g/mol. The minimum Gasteiger partial charge on any atom is -0.356 e. The summed E-state index contributed by atoms with van der Waals surface area (Å²) in [6, 6.07) is 1.55. The Hall–Kier alpha value is -0.740. The highest BCUT2D eigenvalue weighted by Crippen LogP contribution is 2.20. The smallest absolute Gasteiger partial charge is 0.267 e. The normalized spacial score (nSPS) is 17.3. The third-order valence-electron chi connectivity index (χ3n) is 3.57. The number of H-pyrrole nitrogens is 1. The van der Waals surface area contributed by atoms with Crippen LogP contribution in [0, 0.1) is 0 Å². The fourth-order valence-corrected chi connectivity index (χ4v) is 4.60. The first-order valence-electron chi connectivity index (χ1n) is 7.17. The van der Waals surface area contributed by atoms with Gasteiger partial charge < -0.3 is 15.6 Å². The molecule has 0 saturated carbocycles. The fourth-order valence-electron chi connectivity index (χ4n) is 2.03. The largest absolute Gasteiger partial charge is 0.356 e. The number of sulfonamides is 1. The van der Waals surface area contributed by atoms with E-state index >= 15 is 0 Å². The highest BCUT2D eigenvalue weighted by molar-refractivity contribution is 7.99. The van der Waals surface area contributed by atoms with Crippen LogP contribution in [0.1, 0.15) is 17.4 Å². The van der Waals surface area contributed by atoms with Crippen LogP contribution in [0.2, 0.25) is 0 Å². The summed E-state index contributed by atoms with van der Waals surface area (Å²) in [5.74, 6) is 1.30. The van der Waals surface area contributed by atoms with E-state index in [0.717, 1.165) is 11.5 Å². The summed E-state index contributed by atoms with van der Waals surface area (Å²) in [6.07, 6.45) is 1.38. The summed E-state index contributed by atoms with van der Waals surface area (Å²) < 4.78 is 26.5. The topological polar surface area (TPSA) is 94.3 Å². The molecular formula is C13H23ClN4O3S2. The molecule has 1 atom stereocenters. The Morgan fingerprint density at radius 3 is 2.70 bits per heavy atom. The summed E-state index contributed by atoms with van der Waals surface area (Å²) in [7, 11) is -1.70. The van der Waals surface area contributed by atoms with E-state index in [9.17, 15) is 13.2 Å². The summed E-state index contributed by atoms with van der Waals surface area (Å²) in [5.41, 5.74) is 0.258. The van der Waals surface area contributed by atoms with Crippen LogP contribution >= 0.6 is 24.2 Å². The maximum Gasteiger partial charge on any atom is 0.267 e. The number of halogens is 1. The number of hydrogen-bond acceptors (Lipinski definition) is 5. The van der Waals surface area contributed by atoms with Crippen molar-refractivity contribution in [1.29, 1.82) is 0 Å². The Labute approximate surface area is 147 Å². The van der Waals surface area contributed by atoms with Crippen molar-refractivity contribution >= 4 is 40.1 Å². The highest BCUT2D eigenvalue weighted by atomic mass is 35.5. The molecule has 1 saturated heterocycles. The van der Waals surface area contributed by atoms with Crippen molar-refractivity contribution in [2.24, 2.45) is 0 Å². The van der Waals surface area contributed by atoms with Gasteiger partial charge in [0.05, 0.1) is 0 Å². The first kappa shape index (κ1) is 20.3. The van der Waals surface area contributed by atoms with E-state index in [1.807, 2.05) is 14.0 Å². The van der Waals surface area contributed by atoms with Crippen LogP contribution in [-0.4, -0.2) is 67.8 Å². The lowest BCUT2D eigenvalue weighted by Gasteiger charge is -2.24. The third-order valence-corrected chi connectivity index (χ3v) is 6.39. The van der Waals surface area contributed by atoms with E-state index in [-0.39, 0.29) is 34.9 Å². The zero-order chi connectivity index (χ0) is 16.2. The van der Waals surface area contributed by atoms with Gasteiger partial charge >= 0.3 is 0 Å². The lowest BCUT2D eigenvalue weighted by Crippen LogP contribution is -2.38. The van der Waals surface area contributed by atoms with E-state index in [2.05, 4.69) is 15.6 Å². The average Bonchev–Trinajstić information content (AvgIpc) is 3.04. The second kappa shape index (κ2) is 8.93. The molecule has 2 heterocycles. The lowest BCUT2D eigenvalue weighted by molar-refractivity contribution is 0.0946. The molecule has 1 aromatic heterocycles. The minimum absolute atomic E-state index is 0. The third kappa shape index (κ3) is 5.12. The number of nitrogens with zero attached hydrogens (tertiary/aromatic N) is 1. The van der Waals surface area contributed by atoms with Crippen molar-refractivity contribution in [2.75, 3.05) is 38.2 Å². The molecule has 1 unspecified atom stereocenters. The number of carbonyl (C=O) groups is 1. The van der Waals surface area contributed by atoms with Gasteiger partial charge in [0.1, 0.15) is 10.6 Å². The number of aromatic nitrogens is 1. The van der Waals surface area contributed by atoms with E-state index in [1.165, 1.54) is 16.6 Å². The van der Waals surface area contributed by atoms with Gasteiger partial charge in [0.15, 0.2) is 0 Å². The number of aromatic amines is 1. The van der Waals surface area contributed by atoms with Gasteiger partial charge in [0.2, 0.25) is 10.0 Å². The molecule has 1 fully saturated rings. The molecule has 2 rings (SSSR count). The molecule has 7 nitrogen and oxygen atoms in total. The van der Waals surface area contributed by atoms with Gasteiger partial charge in [-0.3, -0.25) is 4.79 Å². The van der Waals surface area contributed by atoms with Gasteiger partial charge in [-0.2, -0.15) is 16.1 Å². The maximum absolute atomic E-state index is 12.5. The molecule has 0 radical (unpaired) electrons. The summed E-state index contributed by atoms with van der Waals surface area (Å²) in [6.45, 7) is 3.44. The molecule has 0 aliphatic carbocycles. The number of nitrogens with one attached hydrogen (secondary N) is 3. The molecule has 1 aliphatic rings. The Bertz CT molecular complexity index is 614. The van der Waals surface area contributed by atoms with Crippen LogP contribution in [0.25, 0.3) is 0 Å². The fraction of sp³-hybridized carbons (Fsp3) is 0.615. The standard InChI is InChI=1S/C13H22N4O3S2.ClH/c1-10(14-2)8-16-13(18)12-7-11(9-15-12)22(19,20)17-3-5-21-6-4-17;/h7,9-10,14-15H,3-6,8H2,1-2H3,(H,16,18);1H. The number of carbonyl (C=O) groups excluding carboxylic acids is 1. The van der Waals surface area contributed by atoms with Gasteiger partial charge in [0.25, 0.3) is 5.91 Å². The van der Waals surface area contributed by atoms with Crippen molar-refractivity contribution in [3.63, 3.8) is 0 Å². The van der Waals surface area contributed by atoms with Crippen LogP contribution in [0.4, 0.5) is 0 Å².